The van der Waals surface area contributed by atoms with Crippen LogP contribution in [-0.4, -0.2) is 48.6 Å². The summed E-state index contributed by atoms with van der Waals surface area (Å²) in [5.41, 5.74) is 3.33. The number of fused-ring (bicyclic) bond motifs is 1. The molecule has 6 heteroatoms. The Bertz CT molecular complexity index is 852. The minimum Gasteiger partial charge on any atom is -0.497 e. The first-order valence-corrected chi connectivity index (χ1v) is 9.18. The Morgan fingerprint density at radius 2 is 1.96 bits per heavy atom. The molecular formula is C21H27N5O. The number of aromatic nitrogens is 2. The van der Waals surface area contributed by atoms with Gasteiger partial charge in [0.25, 0.3) is 0 Å². The van der Waals surface area contributed by atoms with Gasteiger partial charge in [-0.2, -0.15) is 0 Å². The van der Waals surface area contributed by atoms with Crippen molar-refractivity contribution in [1.29, 1.82) is 0 Å². The number of hydrogen-bond donors (Lipinski definition) is 2. The normalized spacial score (nSPS) is 11.6. The van der Waals surface area contributed by atoms with Crippen LogP contribution in [0.5, 0.6) is 5.75 Å². The number of rotatable bonds is 7. The van der Waals surface area contributed by atoms with Gasteiger partial charge in [-0.05, 0) is 36.2 Å². The van der Waals surface area contributed by atoms with E-state index in [0.29, 0.717) is 0 Å². The first-order chi connectivity index (χ1) is 13.2. The Hall–Kier alpha value is -3.02. The number of nitrogens with one attached hydrogen (secondary N) is 2. The molecular weight excluding hydrogens is 338 g/mol. The third-order valence-corrected chi connectivity index (χ3v) is 4.46. The van der Waals surface area contributed by atoms with E-state index in [-0.39, 0.29) is 0 Å². The summed E-state index contributed by atoms with van der Waals surface area (Å²) >= 11 is 0. The van der Waals surface area contributed by atoms with Gasteiger partial charge in [-0.1, -0.05) is 24.3 Å². The van der Waals surface area contributed by atoms with Crippen LogP contribution >= 0.6 is 0 Å². The maximum absolute atomic E-state index is 5.21. The molecule has 142 valence electrons. The zero-order valence-corrected chi connectivity index (χ0v) is 16.2. The molecule has 3 aromatic rings. The molecule has 1 aromatic heterocycles. The van der Waals surface area contributed by atoms with Crippen molar-refractivity contribution in [2.24, 2.45) is 4.99 Å². The number of para-hydroxylation sites is 2. The van der Waals surface area contributed by atoms with Crippen molar-refractivity contribution >= 4 is 17.0 Å². The Morgan fingerprint density at radius 3 is 2.67 bits per heavy atom. The van der Waals surface area contributed by atoms with Crippen LogP contribution in [0.25, 0.3) is 11.0 Å². The lowest BCUT2D eigenvalue weighted by Gasteiger charge is -2.22. The zero-order chi connectivity index (χ0) is 19.1. The van der Waals surface area contributed by atoms with Crippen LogP contribution in [0, 0.1) is 0 Å². The van der Waals surface area contributed by atoms with Gasteiger partial charge in [0.2, 0.25) is 0 Å². The zero-order valence-electron chi connectivity index (χ0n) is 16.2. The first kappa shape index (κ1) is 18.8. The molecule has 0 amide bonds. The molecule has 0 fully saturated rings. The molecule has 0 aliphatic carbocycles. The van der Waals surface area contributed by atoms with Gasteiger partial charge in [0.1, 0.15) is 11.6 Å². The molecule has 0 atom stereocenters. The van der Waals surface area contributed by atoms with E-state index in [4.69, 9.17) is 4.74 Å². The first-order valence-electron chi connectivity index (χ1n) is 9.18. The van der Waals surface area contributed by atoms with Crippen LogP contribution < -0.4 is 10.1 Å². The van der Waals surface area contributed by atoms with Gasteiger partial charge in [0, 0.05) is 33.6 Å². The van der Waals surface area contributed by atoms with Gasteiger partial charge in [-0.15, -0.1) is 0 Å². The SMILES string of the molecule is CN=C(NCCCc1nc2ccccc2[nH]1)N(C)Cc1ccc(OC)cc1. The average Bonchev–Trinajstić information content (AvgIpc) is 3.11. The van der Waals surface area contributed by atoms with E-state index in [1.807, 2.05) is 44.4 Å². The molecule has 0 radical (unpaired) electrons. The molecule has 0 saturated heterocycles. The molecule has 0 bridgehead atoms. The summed E-state index contributed by atoms with van der Waals surface area (Å²) in [7, 11) is 5.53. The molecule has 2 aromatic carbocycles. The fraction of sp³-hybridized carbons (Fsp3) is 0.333. The summed E-state index contributed by atoms with van der Waals surface area (Å²) in [6.07, 6.45) is 1.89. The van der Waals surface area contributed by atoms with Crippen LogP contribution in [0.1, 0.15) is 17.8 Å². The Morgan fingerprint density at radius 1 is 1.19 bits per heavy atom. The van der Waals surface area contributed by atoms with Crippen molar-refractivity contribution in [2.45, 2.75) is 19.4 Å². The number of imidazole rings is 1. The highest BCUT2D eigenvalue weighted by molar-refractivity contribution is 5.79. The fourth-order valence-electron chi connectivity index (χ4n) is 3.04. The predicted molar refractivity (Wildman–Crippen MR) is 110 cm³/mol. The van der Waals surface area contributed by atoms with E-state index in [1.165, 1.54) is 5.56 Å². The molecule has 0 aliphatic rings. The molecule has 0 aliphatic heterocycles. The van der Waals surface area contributed by atoms with Crippen molar-refractivity contribution < 1.29 is 4.74 Å². The van der Waals surface area contributed by atoms with Crippen LogP contribution in [0.4, 0.5) is 0 Å². The predicted octanol–water partition coefficient (Wildman–Crippen LogP) is 3.21. The smallest absolute Gasteiger partial charge is 0.193 e. The summed E-state index contributed by atoms with van der Waals surface area (Å²) in [5.74, 6) is 2.78. The maximum Gasteiger partial charge on any atom is 0.193 e. The molecule has 0 saturated carbocycles. The largest absolute Gasteiger partial charge is 0.497 e. The molecule has 27 heavy (non-hydrogen) atoms. The number of ether oxygens (including phenoxy) is 1. The minimum atomic E-state index is 0.785. The monoisotopic (exact) mass is 365 g/mol. The number of aliphatic imine (C=N–C) groups is 1. The number of guanidine groups is 1. The van der Waals surface area contributed by atoms with E-state index in [9.17, 15) is 0 Å². The second-order valence-corrected chi connectivity index (χ2v) is 6.48. The summed E-state index contributed by atoms with van der Waals surface area (Å²) in [6.45, 7) is 1.63. The highest BCUT2D eigenvalue weighted by Gasteiger charge is 2.07. The number of aromatic amines is 1. The summed E-state index contributed by atoms with van der Waals surface area (Å²) < 4.78 is 5.21. The number of aryl methyl sites for hydroxylation is 1. The Kier molecular flexibility index (Phi) is 6.30. The molecule has 6 nitrogen and oxygen atoms in total. The second kappa shape index (κ2) is 9.07. The number of H-pyrrole nitrogens is 1. The van der Waals surface area contributed by atoms with Crippen molar-refractivity contribution in [3.8, 4) is 5.75 Å². The third kappa shape index (κ3) is 5.00. The van der Waals surface area contributed by atoms with E-state index in [2.05, 4.69) is 43.4 Å². The Labute approximate surface area is 160 Å². The minimum absolute atomic E-state index is 0.785. The summed E-state index contributed by atoms with van der Waals surface area (Å²) in [4.78, 5) is 14.5. The van der Waals surface area contributed by atoms with Crippen LogP contribution in [-0.2, 0) is 13.0 Å². The van der Waals surface area contributed by atoms with E-state index >= 15 is 0 Å². The maximum atomic E-state index is 5.21. The number of nitrogens with zero attached hydrogens (tertiary/aromatic N) is 3. The van der Waals surface area contributed by atoms with E-state index in [0.717, 1.165) is 54.5 Å². The van der Waals surface area contributed by atoms with Crippen LogP contribution in [0.15, 0.2) is 53.5 Å². The average molecular weight is 365 g/mol. The van der Waals surface area contributed by atoms with Gasteiger partial charge < -0.3 is 19.9 Å². The number of hydrogen-bond acceptors (Lipinski definition) is 3. The quantitative estimate of drug-likeness (QED) is 0.383. The highest BCUT2D eigenvalue weighted by atomic mass is 16.5. The number of benzene rings is 2. The van der Waals surface area contributed by atoms with Gasteiger partial charge in [0.05, 0.1) is 18.1 Å². The molecule has 1 heterocycles. The highest BCUT2D eigenvalue weighted by Crippen LogP contribution is 2.13. The van der Waals surface area contributed by atoms with Crippen molar-refractivity contribution in [2.75, 3.05) is 27.7 Å². The van der Waals surface area contributed by atoms with Crippen molar-refractivity contribution in [1.82, 2.24) is 20.2 Å². The van der Waals surface area contributed by atoms with Gasteiger partial charge in [-0.3, -0.25) is 4.99 Å². The van der Waals surface area contributed by atoms with Crippen molar-refractivity contribution in [3.63, 3.8) is 0 Å². The topological polar surface area (TPSA) is 65.5 Å². The lowest BCUT2D eigenvalue weighted by atomic mass is 10.2. The van der Waals surface area contributed by atoms with E-state index < -0.39 is 0 Å². The lowest BCUT2D eigenvalue weighted by molar-refractivity contribution is 0.414. The molecule has 3 rings (SSSR count). The molecule has 0 spiro atoms. The summed E-state index contributed by atoms with van der Waals surface area (Å²) in [6, 6.07) is 16.2. The van der Waals surface area contributed by atoms with Gasteiger partial charge >= 0.3 is 0 Å². The van der Waals surface area contributed by atoms with Gasteiger partial charge in [0.15, 0.2) is 5.96 Å². The molecule has 0 unspecified atom stereocenters. The molecule has 2 N–H and O–H groups in total. The fourth-order valence-corrected chi connectivity index (χ4v) is 3.04. The third-order valence-electron chi connectivity index (χ3n) is 4.46. The summed E-state index contributed by atoms with van der Waals surface area (Å²) in [5, 5.41) is 3.43. The Balaban J connectivity index is 1.46. The van der Waals surface area contributed by atoms with Crippen LogP contribution in [0.3, 0.4) is 0 Å². The number of methoxy groups -OCH3 is 1. The second-order valence-electron chi connectivity index (χ2n) is 6.48. The standard InChI is InChI=1S/C21H27N5O/c1-22-21(26(2)15-16-10-12-17(27-3)13-11-16)23-14-6-9-20-24-18-7-4-5-8-19(18)25-20/h4-5,7-8,10-13H,6,9,14-15H2,1-3H3,(H,22,23)(H,24,25). The van der Waals surface area contributed by atoms with Crippen molar-refractivity contribution in [3.05, 3.63) is 59.9 Å². The van der Waals surface area contributed by atoms with Crippen LogP contribution in [0.2, 0.25) is 0 Å². The lowest BCUT2D eigenvalue weighted by Crippen LogP contribution is -2.39. The van der Waals surface area contributed by atoms with E-state index in [1.54, 1.807) is 7.11 Å². The van der Waals surface area contributed by atoms with Gasteiger partial charge in [-0.25, -0.2) is 4.98 Å².